The molecule has 0 spiro atoms. The molecular weight excluding hydrogens is 310 g/mol. The quantitative estimate of drug-likeness (QED) is 0.858. The van der Waals surface area contributed by atoms with Crippen molar-refractivity contribution < 1.29 is 4.79 Å². The summed E-state index contributed by atoms with van der Waals surface area (Å²) >= 11 is 0. The third kappa shape index (κ3) is 3.83. The van der Waals surface area contributed by atoms with Crippen molar-refractivity contribution in [1.29, 1.82) is 5.26 Å². The zero-order chi connectivity index (χ0) is 17.8. The predicted molar refractivity (Wildman–Crippen MR) is 100 cm³/mol. The van der Waals surface area contributed by atoms with Crippen molar-refractivity contribution in [1.82, 2.24) is 4.90 Å². The summed E-state index contributed by atoms with van der Waals surface area (Å²) in [5.41, 5.74) is 4.07. The number of hydrogen-bond acceptors (Lipinski definition) is 3. The number of amides is 1. The van der Waals surface area contributed by atoms with Crippen LogP contribution in [0.15, 0.2) is 48.5 Å². The maximum Gasteiger partial charge on any atom is 0.253 e. The Labute approximate surface area is 149 Å². The number of piperidine rings is 1. The van der Waals surface area contributed by atoms with Gasteiger partial charge in [0.2, 0.25) is 0 Å². The third-order valence-electron chi connectivity index (χ3n) is 4.74. The summed E-state index contributed by atoms with van der Waals surface area (Å²) in [6.07, 6.45) is 1.79. The van der Waals surface area contributed by atoms with Gasteiger partial charge in [-0.05, 0) is 48.2 Å². The molecule has 1 atom stereocenters. The molecule has 0 N–H and O–H groups in total. The molecule has 4 nitrogen and oxygen atoms in total. The van der Waals surface area contributed by atoms with Gasteiger partial charge in [0, 0.05) is 38.4 Å². The highest BCUT2D eigenvalue weighted by Crippen LogP contribution is 2.24. The van der Waals surface area contributed by atoms with Gasteiger partial charge in [0.1, 0.15) is 0 Å². The number of carbonyl (C=O) groups is 1. The zero-order valence-electron chi connectivity index (χ0n) is 14.8. The number of carbonyl (C=O) groups excluding carboxylic acids is 1. The Hall–Kier alpha value is -2.80. The second-order valence-electron chi connectivity index (χ2n) is 6.74. The minimum atomic E-state index is -0.0350. The lowest BCUT2D eigenvalue weighted by atomic mass is 9.98. The summed E-state index contributed by atoms with van der Waals surface area (Å²) in [6.45, 7) is 1.29. The topological polar surface area (TPSA) is 47.3 Å². The highest BCUT2D eigenvalue weighted by molar-refractivity contribution is 5.94. The van der Waals surface area contributed by atoms with Crippen LogP contribution in [-0.2, 0) is 0 Å². The first-order valence-electron chi connectivity index (χ1n) is 8.65. The fraction of sp³-hybridized carbons (Fsp3) is 0.333. The number of benzene rings is 2. The first-order valence-corrected chi connectivity index (χ1v) is 8.65. The Morgan fingerprint density at radius 3 is 2.24 bits per heavy atom. The van der Waals surface area contributed by atoms with Crippen molar-refractivity contribution in [2.45, 2.75) is 12.8 Å². The van der Waals surface area contributed by atoms with Crippen LogP contribution in [0, 0.1) is 17.2 Å². The molecular formula is C21H23N3O. The second kappa shape index (κ2) is 7.40. The molecule has 2 aromatic carbocycles. The molecule has 3 rings (SSSR count). The van der Waals surface area contributed by atoms with Crippen LogP contribution < -0.4 is 4.90 Å². The summed E-state index contributed by atoms with van der Waals surface area (Å²) in [5, 5.41) is 9.09. The van der Waals surface area contributed by atoms with Crippen LogP contribution in [0.4, 0.5) is 5.69 Å². The Morgan fingerprint density at radius 1 is 1.08 bits per heavy atom. The van der Waals surface area contributed by atoms with E-state index in [0.717, 1.165) is 36.2 Å². The molecule has 1 aliphatic rings. The lowest BCUT2D eigenvalue weighted by Gasteiger charge is -2.29. The maximum absolute atomic E-state index is 12.6. The molecule has 0 bridgehead atoms. The average Bonchev–Trinajstić information content (AvgIpc) is 2.67. The smallest absolute Gasteiger partial charge is 0.253 e. The number of nitrogens with zero attached hydrogens (tertiary/aromatic N) is 3. The van der Waals surface area contributed by atoms with Gasteiger partial charge in [0.05, 0.1) is 12.0 Å². The van der Waals surface area contributed by atoms with Gasteiger partial charge in [0.25, 0.3) is 5.91 Å². The lowest BCUT2D eigenvalue weighted by Crippen LogP contribution is -2.39. The minimum absolute atomic E-state index is 0.0226. The van der Waals surface area contributed by atoms with E-state index in [1.165, 1.54) is 0 Å². The fourth-order valence-corrected chi connectivity index (χ4v) is 3.21. The summed E-state index contributed by atoms with van der Waals surface area (Å²) in [6, 6.07) is 18.4. The van der Waals surface area contributed by atoms with E-state index in [1.807, 2.05) is 38.4 Å². The van der Waals surface area contributed by atoms with E-state index in [-0.39, 0.29) is 11.8 Å². The lowest BCUT2D eigenvalue weighted by molar-refractivity contribution is 0.0699. The second-order valence-corrected chi connectivity index (χ2v) is 6.74. The molecule has 0 aromatic heterocycles. The normalized spacial score (nSPS) is 17.0. The molecule has 0 radical (unpaired) electrons. The number of anilines is 1. The number of rotatable bonds is 3. The predicted octanol–water partition coefficient (Wildman–Crippen LogP) is 3.80. The minimum Gasteiger partial charge on any atom is -0.378 e. The fourth-order valence-electron chi connectivity index (χ4n) is 3.21. The molecule has 1 amide bonds. The molecule has 1 heterocycles. The van der Waals surface area contributed by atoms with Gasteiger partial charge in [-0.1, -0.05) is 24.3 Å². The van der Waals surface area contributed by atoms with Crippen LogP contribution in [-0.4, -0.2) is 38.0 Å². The van der Waals surface area contributed by atoms with Crippen molar-refractivity contribution in [2.24, 2.45) is 5.92 Å². The van der Waals surface area contributed by atoms with Crippen LogP contribution in [0.2, 0.25) is 0 Å². The molecule has 1 saturated heterocycles. The largest absolute Gasteiger partial charge is 0.378 e. The Kier molecular flexibility index (Phi) is 5.04. The third-order valence-corrected chi connectivity index (χ3v) is 4.74. The van der Waals surface area contributed by atoms with Crippen molar-refractivity contribution in [3.8, 4) is 17.2 Å². The maximum atomic E-state index is 12.6. The van der Waals surface area contributed by atoms with Gasteiger partial charge >= 0.3 is 0 Å². The van der Waals surface area contributed by atoms with Crippen LogP contribution in [0.5, 0.6) is 0 Å². The van der Waals surface area contributed by atoms with Crippen molar-refractivity contribution in [3.05, 3.63) is 54.1 Å². The average molecular weight is 333 g/mol. The molecule has 2 aromatic rings. The SMILES string of the molecule is CN(C)c1ccc(-c2ccc(C(=O)N3CCCC(C#N)C3)cc2)cc1. The molecule has 0 aliphatic carbocycles. The van der Waals surface area contributed by atoms with E-state index in [9.17, 15) is 4.79 Å². The summed E-state index contributed by atoms with van der Waals surface area (Å²) in [4.78, 5) is 16.5. The van der Waals surface area contributed by atoms with E-state index in [0.29, 0.717) is 12.1 Å². The Bertz CT molecular complexity index is 772. The van der Waals surface area contributed by atoms with Crippen LogP contribution >= 0.6 is 0 Å². The highest BCUT2D eigenvalue weighted by atomic mass is 16.2. The van der Waals surface area contributed by atoms with Crippen LogP contribution in [0.1, 0.15) is 23.2 Å². The van der Waals surface area contributed by atoms with E-state index in [4.69, 9.17) is 5.26 Å². The molecule has 1 aliphatic heterocycles. The van der Waals surface area contributed by atoms with E-state index >= 15 is 0 Å². The highest BCUT2D eigenvalue weighted by Gasteiger charge is 2.24. The van der Waals surface area contributed by atoms with E-state index in [1.54, 1.807) is 4.90 Å². The van der Waals surface area contributed by atoms with Gasteiger partial charge in [-0.15, -0.1) is 0 Å². The number of hydrogen-bond donors (Lipinski definition) is 0. The number of nitriles is 1. The summed E-state index contributed by atoms with van der Waals surface area (Å²) in [7, 11) is 4.04. The molecule has 0 saturated carbocycles. The van der Waals surface area contributed by atoms with E-state index in [2.05, 4.69) is 35.2 Å². The molecule has 4 heteroatoms. The summed E-state index contributed by atoms with van der Waals surface area (Å²) < 4.78 is 0. The van der Waals surface area contributed by atoms with Crippen molar-refractivity contribution in [3.63, 3.8) is 0 Å². The van der Waals surface area contributed by atoms with Gasteiger partial charge in [-0.2, -0.15) is 5.26 Å². The van der Waals surface area contributed by atoms with Crippen molar-refractivity contribution in [2.75, 3.05) is 32.1 Å². The molecule has 1 fully saturated rings. The Morgan fingerprint density at radius 2 is 1.68 bits per heavy atom. The zero-order valence-corrected chi connectivity index (χ0v) is 14.8. The van der Waals surface area contributed by atoms with Crippen LogP contribution in [0.25, 0.3) is 11.1 Å². The van der Waals surface area contributed by atoms with Gasteiger partial charge in [-0.25, -0.2) is 0 Å². The van der Waals surface area contributed by atoms with Crippen molar-refractivity contribution >= 4 is 11.6 Å². The Balaban J connectivity index is 1.73. The van der Waals surface area contributed by atoms with E-state index < -0.39 is 0 Å². The van der Waals surface area contributed by atoms with Gasteiger partial charge in [0.15, 0.2) is 0 Å². The first-order chi connectivity index (χ1) is 12.1. The van der Waals surface area contributed by atoms with Crippen LogP contribution in [0.3, 0.4) is 0 Å². The first kappa shape index (κ1) is 17.0. The molecule has 128 valence electrons. The van der Waals surface area contributed by atoms with Gasteiger partial charge in [-0.3, -0.25) is 4.79 Å². The monoisotopic (exact) mass is 333 g/mol. The standard InChI is InChI=1S/C21H23N3O/c1-23(2)20-11-9-18(10-12-20)17-5-7-19(8-6-17)21(25)24-13-3-4-16(14-22)15-24/h5-12,16H,3-4,13,15H2,1-2H3. The number of likely N-dealkylation sites (tertiary alicyclic amines) is 1. The summed E-state index contributed by atoms with van der Waals surface area (Å²) in [5.74, 6) is -0.0124. The molecule has 1 unspecified atom stereocenters. The molecule has 25 heavy (non-hydrogen) atoms. The van der Waals surface area contributed by atoms with Gasteiger partial charge < -0.3 is 9.80 Å².